The third-order valence-electron chi connectivity index (χ3n) is 6.84. The molecule has 7 heteroatoms. The van der Waals surface area contributed by atoms with Crippen LogP contribution in [0.1, 0.15) is 37.7 Å². The highest BCUT2D eigenvalue weighted by Crippen LogP contribution is 2.30. The van der Waals surface area contributed by atoms with Gasteiger partial charge in [0.1, 0.15) is 0 Å². The maximum Gasteiger partial charge on any atom is 0.321 e. The molecule has 2 fully saturated rings. The number of carbonyl (C=O) groups excluding carboxylic acids is 2. The summed E-state index contributed by atoms with van der Waals surface area (Å²) in [6, 6.07) is 16.8. The van der Waals surface area contributed by atoms with Crippen molar-refractivity contribution in [1.82, 2.24) is 9.80 Å². The summed E-state index contributed by atoms with van der Waals surface area (Å²) < 4.78 is 0. The molecule has 4 rings (SSSR count). The molecule has 0 bridgehead atoms. The number of rotatable bonds is 5. The van der Waals surface area contributed by atoms with Gasteiger partial charge >= 0.3 is 6.03 Å². The minimum atomic E-state index is -0.0649. The van der Waals surface area contributed by atoms with E-state index >= 15 is 0 Å². The molecular formula is C26H35N5O2. The summed E-state index contributed by atoms with van der Waals surface area (Å²) >= 11 is 0. The second kappa shape index (κ2) is 10.3. The van der Waals surface area contributed by atoms with Gasteiger partial charge in [-0.1, -0.05) is 12.1 Å². The van der Waals surface area contributed by atoms with Crippen LogP contribution in [0, 0.1) is 0 Å². The van der Waals surface area contributed by atoms with E-state index in [2.05, 4.69) is 52.7 Å². The quantitative estimate of drug-likeness (QED) is 0.718. The maximum absolute atomic E-state index is 12.8. The van der Waals surface area contributed by atoms with E-state index in [9.17, 15) is 9.59 Å². The standard InChI is InChI=1S/C26H35N5O2/c1-19(32)27-23-6-4-5-21(17-23)20-11-14-30(15-12-20)26(33)28-22-7-9-24(10-8-22)31-16-13-25(18-31)29(2)3/h4-10,17,20,25H,11-16,18H2,1-3H3,(H,27,32)(H,28,33). The van der Waals surface area contributed by atoms with Crippen molar-refractivity contribution in [3.05, 3.63) is 54.1 Å². The summed E-state index contributed by atoms with van der Waals surface area (Å²) in [4.78, 5) is 30.7. The molecule has 2 N–H and O–H groups in total. The minimum Gasteiger partial charge on any atom is -0.370 e. The molecule has 3 amide bonds. The van der Waals surface area contributed by atoms with Crippen LogP contribution < -0.4 is 15.5 Å². The second-order valence-electron chi connectivity index (χ2n) is 9.40. The van der Waals surface area contributed by atoms with Gasteiger partial charge in [-0.15, -0.1) is 0 Å². The molecule has 0 aliphatic carbocycles. The molecule has 33 heavy (non-hydrogen) atoms. The first kappa shape index (κ1) is 23.1. The number of likely N-dealkylation sites (N-methyl/N-ethyl adjacent to an activating group) is 1. The third kappa shape index (κ3) is 5.85. The van der Waals surface area contributed by atoms with Crippen LogP contribution in [0.3, 0.4) is 0 Å². The molecular weight excluding hydrogens is 414 g/mol. The first-order valence-corrected chi connectivity index (χ1v) is 11.8. The van der Waals surface area contributed by atoms with Crippen LogP contribution in [0.15, 0.2) is 48.5 Å². The molecule has 0 saturated carbocycles. The number of piperidine rings is 1. The van der Waals surface area contributed by atoms with Gasteiger partial charge in [0.15, 0.2) is 0 Å². The van der Waals surface area contributed by atoms with E-state index in [0.717, 1.165) is 50.4 Å². The molecule has 2 aliphatic rings. The average Bonchev–Trinajstić information content (AvgIpc) is 3.30. The molecule has 0 spiro atoms. The molecule has 2 aromatic rings. The fraction of sp³-hybridized carbons (Fsp3) is 0.462. The highest BCUT2D eigenvalue weighted by molar-refractivity contribution is 5.90. The lowest BCUT2D eigenvalue weighted by Crippen LogP contribution is -2.40. The van der Waals surface area contributed by atoms with Gasteiger partial charge in [0.2, 0.25) is 5.91 Å². The largest absolute Gasteiger partial charge is 0.370 e. The topological polar surface area (TPSA) is 67.9 Å². The Morgan fingerprint density at radius 1 is 0.909 bits per heavy atom. The summed E-state index contributed by atoms with van der Waals surface area (Å²) in [6.45, 7) is 5.07. The molecule has 2 aliphatic heterocycles. The van der Waals surface area contributed by atoms with Crippen molar-refractivity contribution in [1.29, 1.82) is 0 Å². The number of urea groups is 1. The Balaban J connectivity index is 1.28. The van der Waals surface area contributed by atoms with Gasteiger partial charge < -0.3 is 25.3 Å². The van der Waals surface area contributed by atoms with E-state index in [4.69, 9.17) is 0 Å². The number of anilines is 3. The van der Waals surface area contributed by atoms with E-state index in [1.165, 1.54) is 24.6 Å². The highest BCUT2D eigenvalue weighted by atomic mass is 16.2. The Morgan fingerprint density at radius 2 is 1.64 bits per heavy atom. The Hall–Kier alpha value is -3.06. The highest BCUT2D eigenvalue weighted by Gasteiger charge is 2.25. The number of benzene rings is 2. The van der Waals surface area contributed by atoms with E-state index in [1.54, 1.807) is 0 Å². The van der Waals surface area contributed by atoms with Crippen LogP contribution in [0.2, 0.25) is 0 Å². The maximum atomic E-state index is 12.8. The summed E-state index contributed by atoms with van der Waals surface area (Å²) in [7, 11) is 4.27. The van der Waals surface area contributed by atoms with E-state index < -0.39 is 0 Å². The van der Waals surface area contributed by atoms with Crippen LogP contribution in [0.25, 0.3) is 0 Å². The lowest BCUT2D eigenvalue weighted by atomic mass is 9.89. The number of likely N-dealkylation sites (tertiary alicyclic amines) is 1. The third-order valence-corrected chi connectivity index (χ3v) is 6.84. The predicted octanol–water partition coefficient (Wildman–Crippen LogP) is 4.20. The van der Waals surface area contributed by atoms with E-state index in [0.29, 0.717) is 12.0 Å². The Kier molecular flexibility index (Phi) is 7.18. The lowest BCUT2D eigenvalue weighted by molar-refractivity contribution is -0.114. The molecule has 1 atom stereocenters. The second-order valence-corrected chi connectivity index (χ2v) is 9.40. The van der Waals surface area contributed by atoms with Crippen LogP contribution in [0.5, 0.6) is 0 Å². The summed E-state index contributed by atoms with van der Waals surface area (Å²) in [5.41, 5.74) is 4.09. The van der Waals surface area contributed by atoms with Crippen LogP contribution in [-0.2, 0) is 4.79 Å². The SMILES string of the molecule is CC(=O)Nc1cccc(C2CCN(C(=O)Nc3ccc(N4CCC(N(C)C)C4)cc3)CC2)c1. The van der Waals surface area contributed by atoms with Gasteiger partial charge in [-0.05, 0) is 81.2 Å². The molecule has 176 valence electrons. The van der Waals surface area contributed by atoms with Crippen molar-refractivity contribution in [3.63, 3.8) is 0 Å². The summed E-state index contributed by atoms with van der Waals surface area (Å²) in [5, 5.41) is 5.90. The van der Waals surface area contributed by atoms with Gasteiger partial charge in [0.05, 0.1) is 0 Å². The first-order valence-electron chi connectivity index (χ1n) is 11.8. The van der Waals surface area contributed by atoms with Crippen molar-refractivity contribution in [2.45, 2.75) is 38.1 Å². The smallest absolute Gasteiger partial charge is 0.321 e. The van der Waals surface area contributed by atoms with Crippen LogP contribution in [0.4, 0.5) is 21.9 Å². The van der Waals surface area contributed by atoms with Crippen molar-refractivity contribution in [3.8, 4) is 0 Å². The van der Waals surface area contributed by atoms with Gasteiger partial charge in [0.25, 0.3) is 0 Å². The predicted molar refractivity (Wildman–Crippen MR) is 134 cm³/mol. The Labute approximate surface area is 196 Å². The molecule has 1 unspecified atom stereocenters. The zero-order chi connectivity index (χ0) is 23.4. The van der Waals surface area contributed by atoms with Crippen molar-refractivity contribution in [2.75, 3.05) is 55.8 Å². The number of carbonyl (C=O) groups is 2. The molecule has 2 heterocycles. The number of nitrogens with zero attached hydrogens (tertiary/aromatic N) is 3. The fourth-order valence-corrected chi connectivity index (χ4v) is 4.85. The van der Waals surface area contributed by atoms with Gasteiger partial charge in [-0.2, -0.15) is 0 Å². The number of amides is 3. The van der Waals surface area contributed by atoms with Gasteiger partial charge in [-0.25, -0.2) is 4.79 Å². The van der Waals surface area contributed by atoms with Crippen molar-refractivity contribution in [2.24, 2.45) is 0 Å². The minimum absolute atomic E-state index is 0.0398. The van der Waals surface area contributed by atoms with Gasteiger partial charge in [0, 0.05) is 56.2 Å². The summed E-state index contributed by atoms with van der Waals surface area (Å²) in [5.74, 6) is 0.332. The molecule has 0 aromatic heterocycles. The van der Waals surface area contributed by atoms with Crippen LogP contribution >= 0.6 is 0 Å². The number of hydrogen-bond acceptors (Lipinski definition) is 4. The first-order chi connectivity index (χ1) is 15.9. The fourth-order valence-electron chi connectivity index (χ4n) is 4.85. The number of nitrogens with one attached hydrogen (secondary N) is 2. The molecule has 2 saturated heterocycles. The van der Waals surface area contributed by atoms with Gasteiger partial charge in [-0.3, -0.25) is 4.79 Å². The zero-order valence-corrected chi connectivity index (χ0v) is 19.9. The average molecular weight is 450 g/mol. The molecule has 7 nitrogen and oxygen atoms in total. The van der Waals surface area contributed by atoms with Crippen LogP contribution in [-0.4, -0.2) is 68.1 Å². The Morgan fingerprint density at radius 3 is 2.27 bits per heavy atom. The lowest BCUT2D eigenvalue weighted by Gasteiger charge is -2.32. The van der Waals surface area contributed by atoms with E-state index in [-0.39, 0.29) is 11.9 Å². The summed E-state index contributed by atoms with van der Waals surface area (Å²) in [6.07, 6.45) is 3.01. The Bertz CT molecular complexity index is 967. The normalized spacial score (nSPS) is 19.1. The van der Waals surface area contributed by atoms with E-state index in [1.807, 2.05) is 35.2 Å². The molecule has 0 radical (unpaired) electrons. The molecule has 2 aromatic carbocycles. The van der Waals surface area contributed by atoms with Crippen molar-refractivity contribution >= 4 is 29.0 Å². The monoisotopic (exact) mass is 449 g/mol. The van der Waals surface area contributed by atoms with Crippen molar-refractivity contribution < 1.29 is 9.59 Å². The zero-order valence-electron chi connectivity index (χ0n) is 19.9. The number of hydrogen-bond donors (Lipinski definition) is 2.